The first-order valence-corrected chi connectivity index (χ1v) is 6.15. The minimum absolute atomic E-state index is 0.117. The van der Waals surface area contributed by atoms with Crippen LogP contribution < -0.4 is 11.0 Å². The standard InChI is InChI=1S/C10H18N4OS/c1-7(2)14-9(15)12-13-10(14)16-6-8(3)5-11-4/h7,11H,3,5-6H2,1-2,4H3,(H,12,15). The number of aromatic amines is 1. The molecule has 0 radical (unpaired) electrons. The third-order valence-electron chi connectivity index (χ3n) is 2.02. The highest BCUT2D eigenvalue weighted by molar-refractivity contribution is 7.99. The third-order valence-corrected chi connectivity index (χ3v) is 3.12. The summed E-state index contributed by atoms with van der Waals surface area (Å²) in [5.41, 5.74) is 0.926. The molecule has 0 saturated carbocycles. The fourth-order valence-electron chi connectivity index (χ4n) is 1.32. The molecule has 0 spiro atoms. The fraction of sp³-hybridized carbons (Fsp3) is 0.600. The zero-order chi connectivity index (χ0) is 12.1. The van der Waals surface area contributed by atoms with Gasteiger partial charge >= 0.3 is 5.69 Å². The maximum Gasteiger partial charge on any atom is 0.344 e. The van der Waals surface area contributed by atoms with Gasteiger partial charge in [-0.25, -0.2) is 9.89 Å². The van der Waals surface area contributed by atoms with Crippen LogP contribution in [0.4, 0.5) is 0 Å². The van der Waals surface area contributed by atoms with E-state index >= 15 is 0 Å². The van der Waals surface area contributed by atoms with Gasteiger partial charge in [0.25, 0.3) is 0 Å². The van der Waals surface area contributed by atoms with Crippen LogP contribution in [0.15, 0.2) is 22.1 Å². The largest absolute Gasteiger partial charge is 0.344 e. The Hall–Kier alpha value is -1.01. The SMILES string of the molecule is C=C(CNC)CSc1n[nH]c(=O)n1C(C)C. The van der Waals surface area contributed by atoms with Crippen LogP contribution in [-0.2, 0) is 0 Å². The number of likely N-dealkylation sites (N-methyl/N-ethyl adjacent to an activating group) is 1. The number of nitrogens with one attached hydrogen (secondary N) is 2. The summed E-state index contributed by atoms with van der Waals surface area (Å²) >= 11 is 1.53. The molecule has 0 aliphatic carbocycles. The van der Waals surface area contributed by atoms with Gasteiger partial charge in [-0.2, -0.15) is 0 Å². The molecule has 1 heterocycles. The highest BCUT2D eigenvalue weighted by Crippen LogP contribution is 2.18. The Morgan fingerprint density at radius 1 is 1.69 bits per heavy atom. The Morgan fingerprint density at radius 3 is 2.94 bits per heavy atom. The van der Waals surface area contributed by atoms with E-state index in [0.29, 0.717) is 0 Å². The second kappa shape index (κ2) is 5.91. The van der Waals surface area contributed by atoms with Gasteiger partial charge in [-0.15, -0.1) is 5.10 Å². The number of aromatic nitrogens is 3. The number of hydrogen-bond acceptors (Lipinski definition) is 4. The Labute approximate surface area is 99.3 Å². The van der Waals surface area contributed by atoms with E-state index in [0.717, 1.165) is 23.0 Å². The summed E-state index contributed by atoms with van der Waals surface area (Å²) in [6, 6.07) is 0.117. The van der Waals surface area contributed by atoms with Gasteiger partial charge in [0.15, 0.2) is 5.16 Å². The lowest BCUT2D eigenvalue weighted by Crippen LogP contribution is -2.19. The summed E-state index contributed by atoms with van der Waals surface area (Å²) in [7, 11) is 1.88. The van der Waals surface area contributed by atoms with Crippen molar-refractivity contribution < 1.29 is 0 Å². The van der Waals surface area contributed by atoms with Crippen molar-refractivity contribution in [3.8, 4) is 0 Å². The lowest BCUT2D eigenvalue weighted by Gasteiger charge is -2.09. The van der Waals surface area contributed by atoms with E-state index in [1.54, 1.807) is 4.57 Å². The molecule has 1 aromatic rings. The molecule has 0 amide bonds. The Kier molecular flexibility index (Phi) is 4.82. The Balaban J connectivity index is 2.67. The van der Waals surface area contributed by atoms with E-state index in [-0.39, 0.29) is 11.7 Å². The summed E-state index contributed by atoms with van der Waals surface area (Å²) < 4.78 is 1.65. The molecule has 5 nitrogen and oxygen atoms in total. The van der Waals surface area contributed by atoms with Gasteiger partial charge < -0.3 is 5.32 Å². The minimum Gasteiger partial charge on any atom is -0.316 e. The van der Waals surface area contributed by atoms with Gasteiger partial charge in [-0.3, -0.25) is 4.57 Å². The quantitative estimate of drug-likeness (QED) is 0.577. The molecule has 6 heteroatoms. The first kappa shape index (κ1) is 13.1. The van der Waals surface area contributed by atoms with Crippen molar-refractivity contribution in [2.45, 2.75) is 25.0 Å². The van der Waals surface area contributed by atoms with Gasteiger partial charge in [-0.1, -0.05) is 23.9 Å². The van der Waals surface area contributed by atoms with Crippen LogP contribution in [0.2, 0.25) is 0 Å². The summed E-state index contributed by atoms with van der Waals surface area (Å²) in [6.07, 6.45) is 0. The second-order valence-electron chi connectivity index (χ2n) is 3.84. The van der Waals surface area contributed by atoms with Crippen molar-refractivity contribution >= 4 is 11.8 Å². The Morgan fingerprint density at radius 2 is 2.38 bits per heavy atom. The normalized spacial score (nSPS) is 11.0. The smallest absolute Gasteiger partial charge is 0.316 e. The van der Waals surface area contributed by atoms with Crippen LogP contribution >= 0.6 is 11.8 Å². The lowest BCUT2D eigenvalue weighted by atomic mass is 10.3. The predicted octanol–water partition coefficient (Wildman–Crippen LogP) is 1.02. The van der Waals surface area contributed by atoms with Crippen LogP contribution in [0.1, 0.15) is 19.9 Å². The molecular weight excluding hydrogens is 224 g/mol. The van der Waals surface area contributed by atoms with E-state index in [1.807, 2.05) is 20.9 Å². The zero-order valence-corrected chi connectivity index (χ0v) is 10.7. The van der Waals surface area contributed by atoms with Crippen molar-refractivity contribution in [1.29, 1.82) is 0 Å². The third kappa shape index (κ3) is 3.24. The average Bonchev–Trinajstić information content (AvgIpc) is 2.57. The van der Waals surface area contributed by atoms with Crippen LogP contribution in [0.3, 0.4) is 0 Å². The first-order valence-electron chi connectivity index (χ1n) is 5.17. The molecule has 0 aliphatic heterocycles. The maximum absolute atomic E-state index is 11.4. The molecule has 1 rings (SSSR count). The van der Waals surface area contributed by atoms with Crippen molar-refractivity contribution in [3.05, 3.63) is 22.6 Å². The molecule has 0 aliphatic rings. The molecule has 0 atom stereocenters. The molecule has 90 valence electrons. The molecule has 2 N–H and O–H groups in total. The van der Waals surface area contributed by atoms with Gasteiger partial charge in [0.1, 0.15) is 0 Å². The van der Waals surface area contributed by atoms with Crippen LogP contribution in [-0.4, -0.2) is 34.1 Å². The van der Waals surface area contributed by atoms with Crippen LogP contribution in [0.5, 0.6) is 0 Å². The molecule has 0 fully saturated rings. The number of H-pyrrole nitrogens is 1. The van der Waals surface area contributed by atoms with Crippen LogP contribution in [0, 0.1) is 0 Å². The highest BCUT2D eigenvalue weighted by Gasteiger charge is 2.11. The summed E-state index contributed by atoms with van der Waals surface area (Å²) in [6.45, 7) is 8.64. The van der Waals surface area contributed by atoms with E-state index in [1.165, 1.54) is 11.8 Å². The maximum atomic E-state index is 11.4. The molecular formula is C10H18N4OS. The topological polar surface area (TPSA) is 62.7 Å². The van der Waals surface area contributed by atoms with Crippen molar-refractivity contribution in [1.82, 2.24) is 20.1 Å². The van der Waals surface area contributed by atoms with Gasteiger partial charge in [0.2, 0.25) is 0 Å². The molecule has 0 bridgehead atoms. The second-order valence-corrected chi connectivity index (χ2v) is 4.79. The molecule has 0 saturated heterocycles. The van der Waals surface area contributed by atoms with E-state index in [9.17, 15) is 4.79 Å². The average molecular weight is 242 g/mol. The predicted molar refractivity (Wildman–Crippen MR) is 67.0 cm³/mol. The summed E-state index contributed by atoms with van der Waals surface area (Å²) in [5.74, 6) is 0.762. The highest BCUT2D eigenvalue weighted by atomic mass is 32.2. The minimum atomic E-state index is -0.156. The van der Waals surface area contributed by atoms with E-state index in [2.05, 4.69) is 22.1 Å². The van der Waals surface area contributed by atoms with Gasteiger partial charge in [0, 0.05) is 18.3 Å². The molecule has 1 aromatic heterocycles. The lowest BCUT2D eigenvalue weighted by molar-refractivity contribution is 0.534. The molecule has 0 aromatic carbocycles. The van der Waals surface area contributed by atoms with Gasteiger partial charge in [-0.05, 0) is 20.9 Å². The van der Waals surface area contributed by atoms with Crippen LogP contribution in [0.25, 0.3) is 0 Å². The Bertz CT molecular complexity index is 407. The van der Waals surface area contributed by atoms with Crippen molar-refractivity contribution in [3.63, 3.8) is 0 Å². The van der Waals surface area contributed by atoms with Crippen molar-refractivity contribution in [2.24, 2.45) is 0 Å². The van der Waals surface area contributed by atoms with E-state index < -0.39 is 0 Å². The first-order chi connectivity index (χ1) is 7.56. The number of rotatable bonds is 6. The number of hydrogen-bond donors (Lipinski definition) is 2. The summed E-state index contributed by atoms with van der Waals surface area (Å²) in [5, 5.41) is 10.2. The van der Waals surface area contributed by atoms with Gasteiger partial charge in [0.05, 0.1) is 0 Å². The number of thioether (sulfide) groups is 1. The summed E-state index contributed by atoms with van der Waals surface area (Å²) in [4.78, 5) is 11.4. The van der Waals surface area contributed by atoms with Crippen molar-refractivity contribution in [2.75, 3.05) is 19.3 Å². The zero-order valence-electron chi connectivity index (χ0n) is 9.91. The number of nitrogens with zero attached hydrogens (tertiary/aromatic N) is 2. The fourth-order valence-corrected chi connectivity index (χ4v) is 2.29. The molecule has 16 heavy (non-hydrogen) atoms. The van der Waals surface area contributed by atoms with E-state index in [4.69, 9.17) is 0 Å². The molecule has 0 unspecified atom stereocenters. The monoisotopic (exact) mass is 242 g/mol.